The van der Waals surface area contributed by atoms with Crippen LogP contribution in [0.1, 0.15) is 25.0 Å². The molecule has 2 aromatic heterocycles. The first-order chi connectivity index (χ1) is 26.1. The Morgan fingerprint density at radius 2 is 0.868 bits per heavy atom. The minimum Gasteiger partial charge on any atom is -0.309 e. The fraction of sp³-hybridized carbons (Fsp3) is 0.0588. The van der Waals surface area contributed by atoms with Gasteiger partial charge >= 0.3 is 0 Å². The van der Waals surface area contributed by atoms with Gasteiger partial charge in [-0.25, -0.2) is 0 Å². The zero-order valence-corrected chi connectivity index (χ0v) is 29.7. The SMILES string of the molecule is CC1(C)c2ccccc2-c2c(-n3c4ccccc4c4cc(-c5ccc6c(c5)c5cc(-c7ccccc7)ccc5n6-c5ccccc5)ccc43)cccc21. The van der Waals surface area contributed by atoms with Crippen molar-refractivity contribution in [2.75, 3.05) is 0 Å². The zero-order chi connectivity index (χ0) is 35.3. The Labute approximate surface area is 308 Å². The van der Waals surface area contributed by atoms with Gasteiger partial charge < -0.3 is 9.13 Å². The van der Waals surface area contributed by atoms with Crippen LogP contribution in [0.15, 0.2) is 182 Å². The summed E-state index contributed by atoms with van der Waals surface area (Å²) >= 11 is 0. The van der Waals surface area contributed by atoms with E-state index in [0.29, 0.717) is 0 Å². The predicted octanol–water partition coefficient (Wildman–Crippen LogP) is 13.5. The van der Waals surface area contributed by atoms with Crippen LogP contribution in [-0.4, -0.2) is 9.13 Å². The smallest absolute Gasteiger partial charge is 0.0543 e. The molecule has 250 valence electrons. The third-order valence-corrected chi connectivity index (χ3v) is 11.7. The van der Waals surface area contributed by atoms with Crippen LogP contribution in [0.3, 0.4) is 0 Å². The van der Waals surface area contributed by atoms with E-state index in [0.717, 1.165) is 0 Å². The van der Waals surface area contributed by atoms with E-state index in [2.05, 4.69) is 205 Å². The van der Waals surface area contributed by atoms with Crippen LogP contribution in [0.25, 0.3) is 88.4 Å². The molecular formula is C51H36N2. The summed E-state index contributed by atoms with van der Waals surface area (Å²) in [5, 5.41) is 5.04. The summed E-state index contributed by atoms with van der Waals surface area (Å²) in [6, 6.07) is 67.1. The van der Waals surface area contributed by atoms with E-state index >= 15 is 0 Å². The summed E-state index contributed by atoms with van der Waals surface area (Å²) < 4.78 is 4.89. The van der Waals surface area contributed by atoms with Gasteiger partial charge in [0.05, 0.1) is 27.8 Å². The minimum absolute atomic E-state index is 0.0575. The van der Waals surface area contributed by atoms with Crippen molar-refractivity contribution < 1.29 is 0 Å². The first-order valence-corrected chi connectivity index (χ1v) is 18.5. The molecule has 2 heteroatoms. The highest BCUT2D eigenvalue weighted by molar-refractivity contribution is 6.13. The maximum atomic E-state index is 2.49. The van der Waals surface area contributed by atoms with Crippen LogP contribution in [0, 0.1) is 0 Å². The summed E-state index contributed by atoms with van der Waals surface area (Å²) in [5.41, 5.74) is 17.6. The van der Waals surface area contributed by atoms with Gasteiger partial charge in [-0.3, -0.25) is 0 Å². The standard InChI is InChI=1S/C51H36N2/c1-51(2)43-20-11-9-19-39(43)50-44(51)21-13-23-49(50)53-45-22-12-10-18-38(45)40-31-35(26-29-48(40)53)36-25-28-47-42(32-36)41-30-34(33-14-5-3-6-15-33)24-27-46(41)52(47)37-16-7-4-8-17-37/h3-32H,1-2H3. The van der Waals surface area contributed by atoms with Crippen LogP contribution in [0.5, 0.6) is 0 Å². The molecule has 0 atom stereocenters. The van der Waals surface area contributed by atoms with Crippen LogP contribution in [0.2, 0.25) is 0 Å². The third-order valence-electron chi connectivity index (χ3n) is 11.7. The number of rotatable bonds is 4. The molecule has 0 radical (unpaired) electrons. The number of hydrogen-bond donors (Lipinski definition) is 0. The van der Waals surface area contributed by atoms with E-state index < -0.39 is 0 Å². The zero-order valence-electron chi connectivity index (χ0n) is 29.7. The van der Waals surface area contributed by atoms with E-state index in [9.17, 15) is 0 Å². The Morgan fingerprint density at radius 3 is 1.57 bits per heavy atom. The lowest BCUT2D eigenvalue weighted by Crippen LogP contribution is -2.14. The third kappa shape index (κ3) is 4.33. The lowest BCUT2D eigenvalue weighted by atomic mass is 9.82. The summed E-state index contributed by atoms with van der Waals surface area (Å²) in [7, 11) is 0. The number of para-hydroxylation sites is 2. The molecule has 1 aliphatic rings. The lowest BCUT2D eigenvalue weighted by molar-refractivity contribution is 0.660. The first kappa shape index (κ1) is 30.0. The first-order valence-electron chi connectivity index (χ1n) is 18.5. The average Bonchev–Trinajstić information content (AvgIpc) is 3.81. The van der Waals surface area contributed by atoms with Crippen molar-refractivity contribution in [3.8, 4) is 44.8 Å². The van der Waals surface area contributed by atoms with Gasteiger partial charge in [0, 0.05) is 38.2 Å². The van der Waals surface area contributed by atoms with Gasteiger partial charge in [-0.2, -0.15) is 0 Å². The van der Waals surface area contributed by atoms with Gasteiger partial charge in [0.2, 0.25) is 0 Å². The molecule has 10 aromatic rings. The Balaban J connectivity index is 1.13. The predicted molar refractivity (Wildman–Crippen MR) is 224 cm³/mol. The molecule has 11 rings (SSSR count). The molecule has 0 spiro atoms. The van der Waals surface area contributed by atoms with Crippen molar-refractivity contribution in [1.82, 2.24) is 9.13 Å². The molecular weight excluding hydrogens is 641 g/mol. The van der Waals surface area contributed by atoms with Crippen LogP contribution in [0.4, 0.5) is 0 Å². The summed E-state index contributed by atoms with van der Waals surface area (Å²) in [6.45, 7) is 4.71. The Hall–Kier alpha value is -6.64. The number of benzene rings is 8. The Morgan fingerprint density at radius 1 is 0.358 bits per heavy atom. The van der Waals surface area contributed by atoms with Crippen molar-refractivity contribution in [3.63, 3.8) is 0 Å². The highest BCUT2D eigenvalue weighted by Gasteiger charge is 2.37. The highest BCUT2D eigenvalue weighted by atomic mass is 15.0. The lowest BCUT2D eigenvalue weighted by Gasteiger charge is -2.21. The molecule has 0 saturated carbocycles. The number of nitrogens with zero attached hydrogens (tertiary/aromatic N) is 2. The second-order valence-electron chi connectivity index (χ2n) is 15.0. The maximum absolute atomic E-state index is 2.49. The number of fused-ring (bicyclic) bond motifs is 9. The van der Waals surface area contributed by atoms with Crippen LogP contribution in [-0.2, 0) is 5.41 Å². The van der Waals surface area contributed by atoms with Gasteiger partial charge in [-0.1, -0.05) is 135 Å². The molecule has 2 nitrogen and oxygen atoms in total. The molecule has 0 saturated heterocycles. The van der Waals surface area contributed by atoms with Crippen molar-refractivity contribution in [3.05, 3.63) is 193 Å². The van der Waals surface area contributed by atoms with E-state index in [4.69, 9.17) is 0 Å². The Bertz CT molecular complexity index is 3070. The van der Waals surface area contributed by atoms with Crippen molar-refractivity contribution in [1.29, 1.82) is 0 Å². The monoisotopic (exact) mass is 676 g/mol. The average molecular weight is 677 g/mol. The molecule has 0 aliphatic heterocycles. The minimum atomic E-state index is -0.0575. The quantitative estimate of drug-likeness (QED) is 0.176. The molecule has 53 heavy (non-hydrogen) atoms. The largest absolute Gasteiger partial charge is 0.309 e. The fourth-order valence-corrected chi connectivity index (χ4v) is 9.20. The van der Waals surface area contributed by atoms with Crippen molar-refractivity contribution in [2.45, 2.75) is 19.3 Å². The normalized spacial score (nSPS) is 13.2. The fourth-order valence-electron chi connectivity index (χ4n) is 9.20. The van der Waals surface area contributed by atoms with Crippen LogP contribution < -0.4 is 0 Å². The molecule has 0 fully saturated rings. The van der Waals surface area contributed by atoms with E-state index in [1.165, 1.54) is 99.5 Å². The Kier molecular flexibility index (Phi) is 6.33. The van der Waals surface area contributed by atoms with E-state index in [1.54, 1.807) is 0 Å². The van der Waals surface area contributed by atoms with E-state index in [-0.39, 0.29) is 5.41 Å². The molecule has 1 aliphatic carbocycles. The van der Waals surface area contributed by atoms with Gasteiger partial charge in [-0.05, 0) is 99.6 Å². The van der Waals surface area contributed by atoms with Crippen molar-refractivity contribution in [2.24, 2.45) is 0 Å². The second-order valence-corrected chi connectivity index (χ2v) is 15.0. The molecule has 0 unspecified atom stereocenters. The van der Waals surface area contributed by atoms with E-state index in [1.807, 2.05) is 0 Å². The van der Waals surface area contributed by atoms with Gasteiger partial charge in [0.15, 0.2) is 0 Å². The van der Waals surface area contributed by atoms with Gasteiger partial charge in [0.1, 0.15) is 0 Å². The topological polar surface area (TPSA) is 9.86 Å². The maximum Gasteiger partial charge on any atom is 0.0543 e. The van der Waals surface area contributed by atoms with Crippen molar-refractivity contribution >= 4 is 43.6 Å². The van der Waals surface area contributed by atoms with Gasteiger partial charge in [0.25, 0.3) is 0 Å². The molecule has 0 bridgehead atoms. The summed E-state index contributed by atoms with van der Waals surface area (Å²) in [5.74, 6) is 0. The number of hydrogen-bond acceptors (Lipinski definition) is 0. The second kappa shape index (κ2) is 11.2. The summed E-state index contributed by atoms with van der Waals surface area (Å²) in [6.07, 6.45) is 0. The number of aromatic nitrogens is 2. The molecule has 8 aromatic carbocycles. The molecule has 0 amide bonds. The van der Waals surface area contributed by atoms with Crippen LogP contribution >= 0.6 is 0 Å². The molecule has 2 heterocycles. The van der Waals surface area contributed by atoms with Gasteiger partial charge in [-0.15, -0.1) is 0 Å². The highest BCUT2D eigenvalue weighted by Crippen LogP contribution is 2.51. The summed E-state index contributed by atoms with van der Waals surface area (Å²) in [4.78, 5) is 0. The molecule has 0 N–H and O–H groups in total.